The van der Waals surface area contributed by atoms with Crippen LogP contribution in [0.1, 0.15) is 29.2 Å². The quantitative estimate of drug-likeness (QED) is 0.676. The fraction of sp³-hybridized carbons (Fsp3) is 0.278. The van der Waals surface area contributed by atoms with Crippen LogP contribution in [0.3, 0.4) is 0 Å². The molecule has 23 heavy (non-hydrogen) atoms. The monoisotopic (exact) mass is 313 g/mol. The molecule has 2 aromatic rings. The number of ether oxygens (including phenoxy) is 1. The third kappa shape index (κ3) is 3.62. The highest BCUT2D eigenvalue weighted by molar-refractivity contribution is 5.78. The fourth-order valence-corrected chi connectivity index (χ4v) is 2.63. The van der Waals surface area contributed by atoms with Crippen molar-refractivity contribution in [3.63, 3.8) is 0 Å². The number of hydrogen-bond donors (Lipinski definition) is 2. The highest BCUT2D eigenvalue weighted by atomic mass is 19.1. The first kappa shape index (κ1) is 15.3. The average Bonchev–Trinajstić information content (AvgIpc) is 2.56. The van der Waals surface area contributed by atoms with Gasteiger partial charge in [-0.2, -0.15) is 0 Å². The number of nitrogens with one attached hydrogen (secondary N) is 1. The molecule has 0 fully saturated rings. The molecule has 1 aliphatic heterocycles. The molecule has 3 rings (SSSR count). The van der Waals surface area contributed by atoms with Crippen LogP contribution in [-0.2, 0) is 6.54 Å². The summed E-state index contributed by atoms with van der Waals surface area (Å²) in [6.45, 7) is 2.73. The van der Waals surface area contributed by atoms with Gasteiger partial charge in [0.15, 0.2) is 5.96 Å². The molecule has 2 aromatic carbocycles. The van der Waals surface area contributed by atoms with Crippen LogP contribution in [-0.4, -0.2) is 12.6 Å². The minimum atomic E-state index is -0.220. The summed E-state index contributed by atoms with van der Waals surface area (Å²) in [6.07, 6.45) is 0.826. The van der Waals surface area contributed by atoms with E-state index in [2.05, 4.69) is 10.3 Å². The van der Waals surface area contributed by atoms with Crippen molar-refractivity contribution in [1.82, 2.24) is 5.32 Å². The van der Waals surface area contributed by atoms with Gasteiger partial charge in [0.25, 0.3) is 0 Å². The van der Waals surface area contributed by atoms with E-state index in [-0.39, 0.29) is 11.9 Å². The Labute approximate surface area is 135 Å². The summed E-state index contributed by atoms with van der Waals surface area (Å²) in [6, 6.07) is 13.1. The second kappa shape index (κ2) is 6.69. The van der Waals surface area contributed by atoms with Crippen molar-refractivity contribution in [3.05, 3.63) is 65.0 Å². The molecule has 0 aliphatic carbocycles. The van der Waals surface area contributed by atoms with Crippen LogP contribution in [0.4, 0.5) is 4.39 Å². The molecule has 1 heterocycles. The molecule has 4 nitrogen and oxygen atoms in total. The van der Waals surface area contributed by atoms with Crippen molar-refractivity contribution >= 4 is 5.96 Å². The van der Waals surface area contributed by atoms with E-state index in [9.17, 15) is 4.39 Å². The van der Waals surface area contributed by atoms with E-state index < -0.39 is 0 Å². The predicted octanol–water partition coefficient (Wildman–Crippen LogP) is 3.06. The zero-order valence-corrected chi connectivity index (χ0v) is 13.1. The maximum Gasteiger partial charge on any atom is 0.189 e. The van der Waals surface area contributed by atoms with Crippen molar-refractivity contribution in [2.75, 3.05) is 6.61 Å². The van der Waals surface area contributed by atoms with Gasteiger partial charge in [-0.15, -0.1) is 0 Å². The number of guanidine groups is 1. The number of halogens is 1. The SMILES string of the molecule is Cc1ccc(CN=C(N)NC2CCOc3ccccc32)cc1F. The van der Waals surface area contributed by atoms with Crippen molar-refractivity contribution in [2.24, 2.45) is 10.7 Å². The van der Waals surface area contributed by atoms with Crippen LogP contribution in [0.5, 0.6) is 5.75 Å². The Balaban J connectivity index is 1.67. The lowest BCUT2D eigenvalue weighted by atomic mass is 10.0. The predicted molar refractivity (Wildman–Crippen MR) is 88.9 cm³/mol. The molecule has 0 amide bonds. The van der Waals surface area contributed by atoms with Crippen molar-refractivity contribution in [1.29, 1.82) is 0 Å². The van der Waals surface area contributed by atoms with Gasteiger partial charge in [0.2, 0.25) is 0 Å². The number of para-hydroxylation sites is 1. The summed E-state index contributed by atoms with van der Waals surface area (Å²) >= 11 is 0. The van der Waals surface area contributed by atoms with Gasteiger partial charge in [0.05, 0.1) is 19.2 Å². The third-order valence-electron chi connectivity index (χ3n) is 3.95. The van der Waals surface area contributed by atoms with Crippen molar-refractivity contribution in [3.8, 4) is 5.75 Å². The second-order valence-electron chi connectivity index (χ2n) is 5.66. The van der Waals surface area contributed by atoms with Crippen LogP contribution >= 0.6 is 0 Å². The Hall–Kier alpha value is -2.56. The maximum absolute atomic E-state index is 13.5. The number of nitrogens with zero attached hydrogens (tertiary/aromatic N) is 1. The molecule has 0 aromatic heterocycles. The van der Waals surface area contributed by atoms with Gasteiger partial charge >= 0.3 is 0 Å². The van der Waals surface area contributed by atoms with Gasteiger partial charge in [0, 0.05) is 12.0 Å². The summed E-state index contributed by atoms with van der Waals surface area (Å²) < 4.78 is 19.2. The van der Waals surface area contributed by atoms with E-state index in [4.69, 9.17) is 10.5 Å². The summed E-state index contributed by atoms with van der Waals surface area (Å²) in [4.78, 5) is 4.31. The van der Waals surface area contributed by atoms with Gasteiger partial charge in [-0.05, 0) is 30.2 Å². The number of hydrogen-bond acceptors (Lipinski definition) is 2. The molecule has 0 saturated carbocycles. The number of rotatable bonds is 3. The van der Waals surface area contributed by atoms with Crippen LogP contribution in [0.2, 0.25) is 0 Å². The lowest BCUT2D eigenvalue weighted by Gasteiger charge is -2.26. The zero-order chi connectivity index (χ0) is 16.2. The standard InChI is InChI=1S/C18H20FN3O/c1-12-6-7-13(10-15(12)19)11-21-18(20)22-16-8-9-23-17-5-3-2-4-14(16)17/h2-7,10,16H,8-9,11H2,1H3,(H3,20,21,22). The minimum Gasteiger partial charge on any atom is -0.493 e. The summed E-state index contributed by atoms with van der Waals surface area (Å²) in [5, 5.41) is 3.23. The summed E-state index contributed by atoms with van der Waals surface area (Å²) in [5.41, 5.74) is 8.49. The van der Waals surface area contributed by atoms with E-state index in [0.29, 0.717) is 24.7 Å². The molecule has 5 heteroatoms. The van der Waals surface area contributed by atoms with Gasteiger partial charge in [-0.1, -0.05) is 30.3 Å². The number of aryl methyl sites for hydroxylation is 1. The lowest BCUT2D eigenvalue weighted by molar-refractivity contribution is 0.262. The van der Waals surface area contributed by atoms with Crippen molar-refractivity contribution in [2.45, 2.75) is 25.9 Å². The van der Waals surface area contributed by atoms with Crippen LogP contribution in [0.15, 0.2) is 47.5 Å². The van der Waals surface area contributed by atoms with E-state index >= 15 is 0 Å². The first-order valence-electron chi connectivity index (χ1n) is 7.66. The Morgan fingerprint density at radius 1 is 1.35 bits per heavy atom. The second-order valence-corrected chi connectivity index (χ2v) is 5.66. The van der Waals surface area contributed by atoms with Crippen LogP contribution in [0, 0.1) is 12.7 Å². The van der Waals surface area contributed by atoms with Crippen LogP contribution < -0.4 is 15.8 Å². The fourth-order valence-electron chi connectivity index (χ4n) is 2.63. The third-order valence-corrected chi connectivity index (χ3v) is 3.95. The molecule has 0 bridgehead atoms. The number of nitrogens with two attached hydrogens (primary N) is 1. The Morgan fingerprint density at radius 2 is 2.17 bits per heavy atom. The Bertz CT molecular complexity index is 730. The lowest BCUT2D eigenvalue weighted by Crippen LogP contribution is -2.37. The number of fused-ring (bicyclic) bond motifs is 1. The minimum absolute atomic E-state index is 0.0819. The van der Waals surface area contributed by atoms with Gasteiger partial charge < -0.3 is 15.8 Å². The van der Waals surface area contributed by atoms with E-state index in [1.807, 2.05) is 30.3 Å². The Morgan fingerprint density at radius 3 is 3.00 bits per heavy atom. The topological polar surface area (TPSA) is 59.6 Å². The molecule has 1 aliphatic rings. The normalized spacial score (nSPS) is 17.3. The summed E-state index contributed by atoms with van der Waals surface area (Å²) in [5.74, 6) is 1.01. The molecule has 1 unspecified atom stereocenters. The van der Waals surface area contributed by atoms with Gasteiger partial charge in [0.1, 0.15) is 11.6 Å². The van der Waals surface area contributed by atoms with E-state index in [1.165, 1.54) is 6.07 Å². The first-order valence-corrected chi connectivity index (χ1v) is 7.66. The number of aliphatic imine (C=N–C) groups is 1. The average molecular weight is 313 g/mol. The molecule has 0 spiro atoms. The highest BCUT2D eigenvalue weighted by Gasteiger charge is 2.21. The maximum atomic E-state index is 13.5. The van der Waals surface area contributed by atoms with Gasteiger partial charge in [-0.25, -0.2) is 9.38 Å². The smallest absolute Gasteiger partial charge is 0.189 e. The first-order chi connectivity index (χ1) is 11.1. The molecule has 0 saturated heterocycles. The molecule has 3 N–H and O–H groups in total. The largest absolute Gasteiger partial charge is 0.493 e. The molecular weight excluding hydrogens is 293 g/mol. The highest BCUT2D eigenvalue weighted by Crippen LogP contribution is 2.31. The molecule has 120 valence electrons. The van der Waals surface area contributed by atoms with Gasteiger partial charge in [-0.3, -0.25) is 0 Å². The summed E-state index contributed by atoms with van der Waals surface area (Å²) in [7, 11) is 0. The molecule has 1 atom stereocenters. The van der Waals surface area contributed by atoms with E-state index in [1.54, 1.807) is 13.0 Å². The van der Waals surface area contributed by atoms with Crippen molar-refractivity contribution < 1.29 is 9.13 Å². The molecule has 0 radical (unpaired) electrons. The van der Waals surface area contributed by atoms with E-state index in [0.717, 1.165) is 23.3 Å². The van der Waals surface area contributed by atoms with Crippen LogP contribution in [0.25, 0.3) is 0 Å². The zero-order valence-electron chi connectivity index (χ0n) is 13.1. The number of benzene rings is 2. The Kier molecular flexibility index (Phi) is 4.46. The molecular formula is C18H20FN3O.